The molecular formula is C14H18N4O2. The molecule has 0 bridgehead atoms. The molecule has 0 aromatic heterocycles. The van der Waals surface area contributed by atoms with Crippen LogP contribution in [-0.4, -0.2) is 55.5 Å². The van der Waals surface area contributed by atoms with Crippen LogP contribution in [0.4, 0.5) is 5.69 Å². The quantitative estimate of drug-likeness (QED) is 0.801. The minimum absolute atomic E-state index is 0.0533. The number of piperazine rings is 1. The smallest absolute Gasteiger partial charge is 0.260 e. The SMILES string of the molecule is CN1CCN(C(=O)COc2ccc(N)cc2C#N)CC1. The maximum absolute atomic E-state index is 12.0. The molecule has 6 nitrogen and oxygen atoms in total. The second kappa shape index (κ2) is 6.26. The summed E-state index contributed by atoms with van der Waals surface area (Å²) in [4.78, 5) is 16.0. The van der Waals surface area contributed by atoms with Crippen molar-refractivity contribution in [3.05, 3.63) is 23.8 Å². The van der Waals surface area contributed by atoms with E-state index in [4.69, 9.17) is 15.7 Å². The number of likely N-dealkylation sites (N-methyl/N-ethyl adjacent to an activating group) is 1. The lowest BCUT2D eigenvalue weighted by Gasteiger charge is -2.32. The molecule has 1 saturated heterocycles. The summed E-state index contributed by atoms with van der Waals surface area (Å²) in [5.41, 5.74) is 6.45. The summed E-state index contributed by atoms with van der Waals surface area (Å²) < 4.78 is 5.44. The number of rotatable bonds is 3. The number of amides is 1. The Hall–Kier alpha value is -2.26. The van der Waals surface area contributed by atoms with E-state index in [-0.39, 0.29) is 12.5 Å². The Balaban J connectivity index is 1.92. The number of carbonyl (C=O) groups excluding carboxylic acids is 1. The van der Waals surface area contributed by atoms with Crippen LogP contribution in [0.5, 0.6) is 5.75 Å². The Bertz CT molecular complexity index is 530. The maximum atomic E-state index is 12.0. The first-order valence-electron chi connectivity index (χ1n) is 6.49. The van der Waals surface area contributed by atoms with Crippen LogP contribution < -0.4 is 10.5 Å². The molecule has 1 aliphatic heterocycles. The van der Waals surface area contributed by atoms with Gasteiger partial charge in [0.1, 0.15) is 11.8 Å². The van der Waals surface area contributed by atoms with Crippen molar-refractivity contribution in [3.8, 4) is 11.8 Å². The molecule has 6 heteroatoms. The van der Waals surface area contributed by atoms with Gasteiger partial charge in [0.2, 0.25) is 0 Å². The van der Waals surface area contributed by atoms with Crippen LogP contribution in [0.3, 0.4) is 0 Å². The van der Waals surface area contributed by atoms with Gasteiger partial charge in [-0.1, -0.05) is 0 Å². The van der Waals surface area contributed by atoms with Crippen molar-refractivity contribution in [2.45, 2.75) is 0 Å². The predicted molar refractivity (Wildman–Crippen MR) is 75.1 cm³/mol. The minimum atomic E-state index is -0.0567. The van der Waals surface area contributed by atoms with Gasteiger partial charge in [0.15, 0.2) is 6.61 Å². The fourth-order valence-corrected chi connectivity index (χ4v) is 2.05. The van der Waals surface area contributed by atoms with Gasteiger partial charge in [-0.05, 0) is 25.2 Å². The largest absolute Gasteiger partial charge is 0.482 e. The third-order valence-corrected chi connectivity index (χ3v) is 3.33. The van der Waals surface area contributed by atoms with Crippen molar-refractivity contribution in [2.75, 3.05) is 45.6 Å². The van der Waals surface area contributed by atoms with E-state index in [1.54, 1.807) is 17.0 Å². The van der Waals surface area contributed by atoms with E-state index in [1.807, 2.05) is 13.1 Å². The van der Waals surface area contributed by atoms with E-state index in [2.05, 4.69) is 4.90 Å². The third-order valence-electron chi connectivity index (χ3n) is 3.33. The molecule has 2 rings (SSSR count). The summed E-state index contributed by atoms with van der Waals surface area (Å²) in [6.07, 6.45) is 0. The molecule has 1 amide bonds. The van der Waals surface area contributed by atoms with Crippen molar-refractivity contribution >= 4 is 11.6 Å². The molecule has 1 heterocycles. The van der Waals surface area contributed by atoms with E-state index in [9.17, 15) is 4.79 Å². The molecule has 0 unspecified atom stereocenters. The second-order valence-corrected chi connectivity index (χ2v) is 4.84. The Labute approximate surface area is 118 Å². The van der Waals surface area contributed by atoms with Crippen molar-refractivity contribution in [1.29, 1.82) is 5.26 Å². The van der Waals surface area contributed by atoms with E-state index >= 15 is 0 Å². The molecule has 0 spiro atoms. The lowest BCUT2D eigenvalue weighted by atomic mass is 10.2. The summed E-state index contributed by atoms with van der Waals surface area (Å²) in [5, 5.41) is 9.00. The second-order valence-electron chi connectivity index (χ2n) is 4.84. The monoisotopic (exact) mass is 274 g/mol. The number of nitrogen functional groups attached to an aromatic ring is 1. The number of carbonyl (C=O) groups is 1. The number of hydrogen-bond acceptors (Lipinski definition) is 5. The van der Waals surface area contributed by atoms with Gasteiger partial charge in [-0.2, -0.15) is 5.26 Å². The molecule has 1 aromatic carbocycles. The lowest BCUT2D eigenvalue weighted by Crippen LogP contribution is -2.48. The predicted octanol–water partition coefficient (Wildman–Crippen LogP) is 0.293. The first-order valence-corrected chi connectivity index (χ1v) is 6.49. The van der Waals surface area contributed by atoms with Crippen LogP contribution >= 0.6 is 0 Å². The lowest BCUT2D eigenvalue weighted by molar-refractivity contribution is -0.134. The molecule has 106 valence electrons. The number of anilines is 1. The van der Waals surface area contributed by atoms with Crippen LogP contribution in [0.1, 0.15) is 5.56 Å². The number of ether oxygens (including phenoxy) is 1. The van der Waals surface area contributed by atoms with Gasteiger partial charge in [-0.15, -0.1) is 0 Å². The van der Waals surface area contributed by atoms with Crippen LogP contribution in [0.15, 0.2) is 18.2 Å². The maximum Gasteiger partial charge on any atom is 0.260 e. The summed E-state index contributed by atoms with van der Waals surface area (Å²) in [5.74, 6) is 0.336. The molecule has 1 fully saturated rings. The normalized spacial score (nSPS) is 15.7. The average molecular weight is 274 g/mol. The Morgan fingerprint density at radius 3 is 2.75 bits per heavy atom. The van der Waals surface area contributed by atoms with Gasteiger partial charge in [-0.25, -0.2) is 0 Å². The molecule has 0 aliphatic carbocycles. The zero-order chi connectivity index (χ0) is 14.5. The van der Waals surface area contributed by atoms with Gasteiger partial charge >= 0.3 is 0 Å². The number of benzene rings is 1. The summed E-state index contributed by atoms with van der Waals surface area (Å²) in [6.45, 7) is 3.12. The van der Waals surface area contributed by atoms with Gasteiger partial charge in [-0.3, -0.25) is 4.79 Å². The third kappa shape index (κ3) is 3.39. The van der Waals surface area contributed by atoms with Crippen molar-refractivity contribution < 1.29 is 9.53 Å². The molecule has 0 saturated carbocycles. The van der Waals surface area contributed by atoms with Crippen LogP contribution in [0, 0.1) is 11.3 Å². The highest BCUT2D eigenvalue weighted by molar-refractivity contribution is 5.78. The fourth-order valence-electron chi connectivity index (χ4n) is 2.05. The number of nitrogens with zero attached hydrogens (tertiary/aromatic N) is 3. The summed E-state index contributed by atoms with van der Waals surface area (Å²) >= 11 is 0. The van der Waals surface area contributed by atoms with Crippen LogP contribution in [-0.2, 0) is 4.79 Å². The van der Waals surface area contributed by atoms with Gasteiger partial charge in [0.05, 0.1) is 5.56 Å². The minimum Gasteiger partial charge on any atom is -0.482 e. The van der Waals surface area contributed by atoms with Crippen LogP contribution in [0.25, 0.3) is 0 Å². The van der Waals surface area contributed by atoms with Crippen molar-refractivity contribution in [1.82, 2.24) is 9.80 Å². The highest BCUT2D eigenvalue weighted by atomic mass is 16.5. The topological polar surface area (TPSA) is 82.6 Å². The van der Waals surface area contributed by atoms with Crippen molar-refractivity contribution in [3.63, 3.8) is 0 Å². The fraction of sp³-hybridized carbons (Fsp3) is 0.429. The standard InChI is InChI=1S/C14H18N4O2/c1-17-4-6-18(7-5-17)14(19)10-20-13-3-2-12(16)8-11(13)9-15/h2-3,8H,4-7,10,16H2,1H3. The van der Waals surface area contributed by atoms with E-state index < -0.39 is 0 Å². The summed E-state index contributed by atoms with van der Waals surface area (Å²) in [7, 11) is 2.03. The van der Waals surface area contributed by atoms with Crippen molar-refractivity contribution in [2.24, 2.45) is 0 Å². The average Bonchev–Trinajstić information content (AvgIpc) is 2.46. The highest BCUT2D eigenvalue weighted by Crippen LogP contribution is 2.20. The molecule has 1 aliphatic rings. The molecule has 0 radical (unpaired) electrons. The highest BCUT2D eigenvalue weighted by Gasteiger charge is 2.19. The van der Waals surface area contributed by atoms with Crippen LogP contribution in [0.2, 0.25) is 0 Å². The first kappa shape index (κ1) is 14.2. The first-order chi connectivity index (χ1) is 9.60. The Morgan fingerprint density at radius 1 is 1.40 bits per heavy atom. The van der Waals surface area contributed by atoms with E-state index in [0.29, 0.717) is 30.1 Å². The molecule has 1 aromatic rings. The van der Waals surface area contributed by atoms with Gasteiger partial charge < -0.3 is 20.3 Å². The molecule has 0 atom stereocenters. The zero-order valence-electron chi connectivity index (χ0n) is 11.5. The zero-order valence-corrected chi connectivity index (χ0v) is 11.5. The Kier molecular flexibility index (Phi) is 4.43. The summed E-state index contributed by atoms with van der Waals surface area (Å²) in [6, 6.07) is 6.81. The Morgan fingerprint density at radius 2 is 2.10 bits per heavy atom. The number of nitrogens with two attached hydrogens (primary N) is 1. The van der Waals surface area contributed by atoms with Gasteiger partial charge in [0, 0.05) is 31.9 Å². The number of nitriles is 1. The molecule has 2 N–H and O–H groups in total. The number of hydrogen-bond donors (Lipinski definition) is 1. The molecular weight excluding hydrogens is 256 g/mol. The van der Waals surface area contributed by atoms with E-state index in [0.717, 1.165) is 13.1 Å². The molecule has 20 heavy (non-hydrogen) atoms. The van der Waals surface area contributed by atoms with E-state index in [1.165, 1.54) is 6.07 Å². The van der Waals surface area contributed by atoms with Gasteiger partial charge in [0.25, 0.3) is 5.91 Å².